The average Bonchev–Trinajstić information content (AvgIpc) is 2.70. The third kappa shape index (κ3) is 6.20. The number of nitrogens with one attached hydrogen (secondary N) is 1. The van der Waals surface area contributed by atoms with Gasteiger partial charge < -0.3 is 19.5 Å². The molecule has 0 fully saturated rings. The Morgan fingerprint density at radius 2 is 1.86 bits per heavy atom. The number of benzene rings is 2. The topological polar surface area (TPSA) is 117 Å². The fourth-order valence-corrected chi connectivity index (χ4v) is 2.31. The van der Waals surface area contributed by atoms with E-state index >= 15 is 0 Å². The number of methoxy groups -OCH3 is 1. The highest BCUT2D eigenvalue weighted by molar-refractivity contribution is 5.97. The van der Waals surface area contributed by atoms with Crippen LogP contribution in [0.3, 0.4) is 0 Å². The van der Waals surface area contributed by atoms with Gasteiger partial charge in [-0.05, 0) is 30.2 Å². The van der Waals surface area contributed by atoms with Crippen LogP contribution in [0.15, 0.2) is 42.5 Å². The van der Waals surface area contributed by atoms with Gasteiger partial charge in [0.05, 0.1) is 24.2 Å². The predicted octanol–water partition coefficient (Wildman–Crippen LogP) is 3.43. The maximum Gasteiger partial charge on any atom is 0.338 e. The maximum atomic E-state index is 12.2. The molecule has 0 bridgehead atoms. The Morgan fingerprint density at radius 1 is 1.14 bits per heavy atom. The van der Waals surface area contributed by atoms with E-state index in [2.05, 4.69) is 5.32 Å². The van der Waals surface area contributed by atoms with Crippen LogP contribution >= 0.6 is 0 Å². The molecule has 9 nitrogen and oxygen atoms in total. The van der Waals surface area contributed by atoms with Gasteiger partial charge in [0.25, 0.3) is 11.6 Å². The zero-order valence-corrected chi connectivity index (χ0v) is 16.3. The van der Waals surface area contributed by atoms with E-state index in [0.29, 0.717) is 24.0 Å². The van der Waals surface area contributed by atoms with Crippen LogP contribution in [0.5, 0.6) is 11.5 Å². The van der Waals surface area contributed by atoms with E-state index in [1.807, 2.05) is 13.8 Å². The first-order valence-electron chi connectivity index (χ1n) is 8.83. The summed E-state index contributed by atoms with van der Waals surface area (Å²) in [4.78, 5) is 34.6. The molecular formula is C20H22N2O7. The van der Waals surface area contributed by atoms with Crippen LogP contribution in [-0.2, 0) is 9.53 Å². The van der Waals surface area contributed by atoms with Crippen LogP contribution in [0, 0.1) is 16.0 Å². The van der Waals surface area contributed by atoms with Crippen molar-refractivity contribution in [1.29, 1.82) is 0 Å². The second-order valence-corrected chi connectivity index (χ2v) is 6.47. The van der Waals surface area contributed by atoms with E-state index in [-0.39, 0.29) is 16.9 Å². The molecule has 2 aromatic rings. The first kappa shape index (κ1) is 21.7. The van der Waals surface area contributed by atoms with Gasteiger partial charge in [-0.3, -0.25) is 14.9 Å². The molecule has 0 saturated heterocycles. The lowest BCUT2D eigenvalue weighted by molar-refractivity contribution is -0.383. The van der Waals surface area contributed by atoms with Crippen molar-refractivity contribution in [2.24, 2.45) is 5.92 Å². The monoisotopic (exact) mass is 402 g/mol. The van der Waals surface area contributed by atoms with Gasteiger partial charge in [-0.15, -0.1) is 0 Å². The van der Waals surface area contributed by atoms with E-state index in [0.717, 1.165) is 0 Å². The Morgan fingerprint density at radius 3 is 2.52 bits per heavy atom. The number of nitro benzene ring substituents is 1. The van der Waals surface area contributed by atoms with Crippen LogP contribution in [0.4, 0.5) is 11.4 Å². The fourth-order valence-electron chi connectivity index (χ4n) is 2.31. The SMILES string of the molecule is COc1cc(C(=O)OCC(=O)Nc2ccccc2[N+](=O)[O-])ccc1OCC(C)C. The lowest BCUT2D eigenvalue weighted by Gasteiger charge is -2.13. The minimum atomic E-state index is -0.739. The summed E-state index contributed by atoms with van der Waals surface area (Å²) >= 11 is 0. The molecule has 154 valence electrons. The van der Waals surface area contributed by atoms with Crippen LogP contribution < -0.4 is 14.8 Å². The first-order valence-corrected chi connectivity index (χ1v) is 8.83. The van der Waals surface area contributed by atoms with E-state index < -0.39 is 23.4 Å². The molecule has 2 rings (SSSR count). The second-order valence-electron chi connectivity index (χ2n) is 6.47. The maximum absolute atomic E-state index is 12.2. The molecule has 0 unspecified atom stereocenters. The minimum Gasteiger partial charge on any atom is -0.493 e. The lowest BCUT2D eigenvalue weighted by atomic mass is 10.2. The predicted molar refractivity (Wildman–Crippen MR) is 105 cm³/mol. The zero-order chi connectivity index (χ0) is 21.4. The van der Waals surface area contributed by atoms with E-state index in [9.17, 15) is 19.7 Å². The molecule has 0 heterocycles. The lowest BCUT2D eigenvalue weighted by Crippen LogP contribution is -2.21. The second kappa shape index (κ2) is 10.1. The first-order chi connectivity index (χ1) is 13.8. The van der Waals surface area contributed by atoms with Gasteiger partial charge in [-0.1, -0.05) is 26.0 Å². The van der Waals surface area contributed by atoms with Crippen LogP contribution in [0.2, 0.25) is 0 Å². The standard InChI is InChI=1S/C20H22N2O7/c1-13(2)11-28-17-9-8-14(10-18(17)27-3)20(24)29-12-19(23)21-15-6-4-5-7-16(15)22(25)26/h4-10,13H,11-12H2,1-3H3,(H,21,23). The molecular weight excluding hydrogens is 380 g/mol. The number of ether oxygens (including phenoxy) is 3. The normalized spacial score (nSPS) is 10.3. The summed E-state index contributed by atoms with van der Waals surface area (Å²) in [5.74, 6) is -0.257. The number of rotatable bonds is 9. The summed E-state index contributed by atoms with van der Waals surface area (Å²) in [6.45, 7) is 3.91. The number of hydrogen-bond donors (Lipinski definition) is 1. The van der Waals surface area contributed by atoms with E-state index in [4.69, 9.17) is 14.2 Å². The zero-order valence-electron chi connectivity index (χ0n) is 16.3. The number of anilines is 1. The largest absolute Gasteiger partial charge is 0.493 e. The Kier molecular flexibility index (Phi) is 7.53. The fraction of sp³-hybridized carbons (Fsp3) is 0.300. The molecule has 0 radical (unpaired) electrons. The molecule has 0 aromatic heterocycles. The number of esters is 1. The summed E-state index contributed by atoms with van der Waals surface area (Å²) in [5, 5.41) is 13.3. The van der Waals surface area contributed by atoms with E-state index in [1.54, 1.807) is 12.1 Å². The molecule has 1 N–H and O–H groups in total. The van der Waals surface area contributed by atoms with Crippen LogP contribution in [0.25, 0.3) is 0 Å². The summed E-state index contributed by atoms with van der Waals surface area (Å²) in [7, 11) is 1.45. The molecule has 0 spiro atoms. The summed E-state index contributed by atoms with van der Waals surface area (Å²) in [5.41, 5.74) is -0.0574. The Balaban J connectivity index is 1.98. The summed E-state index contributed by atoms with van der Waals surface area (Å²) in [6, 6.07) is 10.2. The van der Waals surface area contributed by atoms with Gasteiger partial charge in [-0.2, -0.15) is 0 Å². The van der Waals surface area contributed by atoms with Crippen molar-refractivity contribution in [2.75, 3.05) is 25.6 Å². The molecule has 1 amide bonds. The Labute approximate surface area is 167 Å². The molecule has 29 heavy (non-hydrogen) atoms. The van der Waals surface area contributed by atoms with Crippen molar-refractivity contribution in [1.82, 2.24) is 0 Å². The molecule has 0 aliphatic heterocycles. The van der Waals surface area contributed by atoms with Crippen LogP contribution in [0.1, 0.15) is 24.2 Å². The quantitative estimate of drug-likeness (QED) is 0.388. The average molecular weight is 402 g/mol. The molecule has 0 aliphatic carbocycles. The summed E-state index contributed by atoms with van der Waals surface area (Å²) < 4.78 is 15.8. The van der Waals surface area contributed by atoms with Gasteiger partial charge in [0.1, 0.15) is 5.69 Å². The van der Waals surface area contributed by atoms with Gasteiger partial charge in [-0.25, -0.2) is 4.79 Å². The van der Waals surface area contributed by atoms with Gasteiger partial charge in [0, 0.05) is 6.07 Å². The number of carbonyl (C=O) groups is 2. The number of hydrogen-bond acceptors (Lipinski definition) is 7. The highest BCUT2D eigenvalue weighted by Gasteiger charge is 2.17. The third-order valence-electron chi connectivity index (χ3n) is 3.68. The van der Waals surface area contributed by atoms with Crippen molar-refractivity contribution >= 4 is 23.3 Å². The summed E-state index contributed by atoms with van der Waals surface area (Å²) in [6.07, 6.45) is 0. The van der Waals surface area contributed by atoms with Crippen molar-refractivity contribution in [3.63, 3.8) is 0 Å². The molecule has 2 aromatic carbocycles. The van der Waals surface area contributed by atoms with Crippen molar-refractivity contribution in [3.8, 4) is 11.5 Å². The minimum absolute atomic E-state index is 0.0203. The van der Waals surface area contributed by atoms with E-state index in [1.165, 1.54) is 37.4 Å². The van der Waals surface area contributed by atoms with Gasteiger partial charge in [0.2, 0.25) is 0 Å². The van der Waals surface area contributed by atoms with Gasteiger partial charge >= 0.3 is 5.97 Å². The smallest absolute Gasteiger partial charge is 0.338 e. The molecule has 0 aliphatic rings. The number of nitrogens with zero attached hydrogens (tertiary/aromatic N) is 1. The van der Waals surface area contributed by atoms with Crippen LogP contribution in [-0.4, -0.2) is 37.1 Å². The number of para-hydroxylation sites is 2. The Bertz CT molecular complexity index is 896. The number of carbonyl (C=O) groups excluding carboxylic acids is 2. The number of nitro groups is 1. The molecule has 0 atom stereocenters. The van der Waals surface area contributed by atoms with Crippen molar-refractivity contribution < 1.29 is 28.7 Å². The highest BCUT2D eigenvalue weighted by Crippen LogP contribution is 2.29. The Hall–Kier alpha value is -3.62. The van der Waals surface area contributed by atoms with Crippen molar-refractivity contribution in [3.05, 3.63) is 58.1 Å². The highest BCUT2D eigenvalue weighted by atomic mass is 16.6. The van der Waals surface area contributed by atoms with Crippen molar-refractivity contribution in [2.45, 2.75) is 13.8 Å². The molecule has 9 heteroatoms. The third-order valence-corrected chi connectivity index (χ3v) is 3.68. The number of amides is 1. The molecule has 0 saturated carbocycles. The van der Waals surface area contributed by atoms with Gasteiger partial charge in [0.15, 0.2) is 18.1 Å².